The summed E-state index contributed by atoms with van der Waals surface area (Å²) in [5, 5.41) is 13.3. The summed E-state index contributed by atoms with van der Waals surface area (Å²) >= 11 is 10.1. The highest BCUT2D eigenvalue weighted by Crippen LogP contribution is 2.58. The number of β-amino-alcohol motifs (C(OH)–C–C–N with tert-alkyl or cyclic N) is 1. The van der Waals surface area contributed by atoms with Crippen LogP contribution in [0.5, 0.6) is 0 Å². The maximum Gasteiger partial charge on any atom is 0.306 e. The monoisotopic (exact) mass is 683 g/mol. The fourth-order valence-electron chi connectivity index (χ4n) is 6.69. The van der Waals surface area contributed by atoms with Crippen LogP contribution in [0.2, 0.25) is 5.02 Å². The minimum Gasteiger partial charge on any atom is -0.463 e. The van der Waals surface area contributed by atoms with Crippen molar-refractivity contribution >= 4 is 56.9 Å². The molecular formula is C32H31BrClN3O7. The molecule has 5 bridgehead atoms. The van der Waals surface area contributed by atoms with Crippen molar-refractivity contribution in [2.75, 3.05) is 31.2 Å². The van der Waals surface area contributed by atoms with Crippen LogP contribution < -0.4 is 10.2 Å². The van der Waals surface area contributed by atoms with Crippen molar-refractivity contribution < 1.29 is 33.8 Å². The number of rotatable bonds is 4. The van der Waals surface area contributed by atoms with Gasteiger partial charge in [0.2, 0.25) is 11.8 Å². The molecule has 1 spiro atoms. The van der Waals surface area contributed by atoms with Crippen LogP contribution in [0.15, 0.2) is 77.3 Å². The van der Waals surface area contributed by atoms with Crippen LogP contribution in [0.4, 0.5) is 5.69 Å². The first-order chi connectivity index (χ1) is 21.3. The molecule has 2 fully saturated rings. The lowest BCUT2D eigenvalue weighted by Crippen LogP contribution is -2.56. The first kappa shape index (κ1) is 30.5. The van der Waals surface area contributed by atoms with Crippen molar-refractivity contribution in [3.8, 4) is 0 Å². The topological polar surface area (TPSA) is 125 Å². The van der Waals surface area contributed by atoms with E-state index in [1.807, 2.05) is 30.3 Å². The predicted molar refractivity (Wildman–Crippen MR) is 165 cm³/mol. The average Bonchev–Trinajstić information content (AvgIpc) is 3.61. The van der Waals surface area contributed by atoms with E-state index in [1.54, 1.807) is 42.5 Å². The Bertz CT molecular complexity index is 1530. The van der Waals surface area contributed by atoms with Crippen molar-refractivity contribution in [3.05, 3.63) is 87.9 Å². The molecule has 0 radical (unpaired) electrons. The number of fused-ring (bicyclic) bond motifs is 2. The predicted octanol–water partition coefficient (Wildman–Crippen LogP) is 3.29. The summed E-state index contributed by atoms with van der Waals surface area (Å²) in [5.74, 6) is -3.88. The Kier molecular flexibility index (Phi) is 8.65. The molecule has 0 unspecified atom stereocenters. The molecular weight excluding hydrogens is 654 g/mol. The molecule has 4 aliphatic heterocycles. The first-order valence-corrected chi connectivity index (χ1v) is 15.6. The van der Waals surface area contributed by atoms with Crippen LogP contribution in [-0.4, -0.2) is 77.7 Å². The average molecular weight is 685 g/mol. The van der Waals surface area contributed by atoms with Gasteiger partial charge in [-0.1, -0.05) is 82.1 Å². The summed E-state index contributed by atoms with van der Waals surface area (Å²) in [5.41, 5.74) is -0.322. The number of aliphatic hydroxyl groups is 1. The number of halogens is 2. The number of nitrogens with one attached hydrogen (secondary N) is 1. The molecule has 2 aromatic carbocycles. The summed E-state index contributed by atoms with van der Waals surface area (Å²) in [6.07, 6.45) is 4.90. The Morgan fingerprint density at radius 3 is 2.52 bits per heavy atom. The number of benzene rings is 2. The normalized spacial score (nSPS) is 31.4. The molecule has 10 nitrogen and oxygen atoms in total. The maximum absolute atomic E-state index is 14.6. The molecule has 6 atom stereocenters. The molecule has 4 aliphatic rings. The molecule has 2 N–H and O–H groups in total. The zero-order chi connectivity index (χ0) is 31.0. The van der Waals surface area contributed by atoms with Gasteiger partial charge >= 0.3 is 5.97 Å². The molecule has 12 heteroatoms. The second kappa shape index (κ2) is 12.5. The molecule has 230 valence electrons. The van der Waals surface area contributed by atoms with Gasteiger partial charge in [-0.25, -0.2) is 0 Å². The summed E-state index contributed by atoms with van der Waals surface area (Å²) < 4.78 is 12.6. The van der Waals surface area contributed by atoms with Crippen LogP contribution in [0.3, 0.4) is 0 Å². The third kappa shape index (κ3) is 5.25. The maximum atomic E-state index is 14.6. The molecule has 4 heterocycles. The van der Waals surface area contributed by atoms with Gasteiger partial charge < -0.3 is 29.7 Å². The molecule has 44 heavy (non-hydrogen) atoms. The smallest absolute Gasteiger partial charge is 0.306 e. The van der Waals surface area contributed by atoms with E-state index in [0.29, 0.717) is 21.6 Å². The SMILES string of the molecule is O=C1CC/C=C\CN(c2ccccc2Cl)C(=O)[C@@H]2N(CCO)C(=O)[C@H]3[C@H](C(=O)N[C@H](c4ccccc4)CO1)[C@H]1O[C@@]23C=C1Br. The molecule has 3 amide bonds. The zero-order valence-electron chi connectivity index (χ0n) is 23.6. The number of allylic oxidation sites excluding steroid dienone is 1. The van der Waals surface area contributed by atoms with Crippen LogP contribution in [-0.2, 0) is 28.7 Å². The Labute approximate surface area is 267 Å². The number of amides is 3. The van der Waals surface area contributed by atoms with E-state index in [2.05, 4.69) is 21.2 Å². The summed E-state index contributed by atoms with van der Waals surface area (Å²) in [6.45, 7) is -0.535. The van der Waals surface area contributed by atoms with Gasteiger partial charge in [-0.05, 0) is 30.2 Å². The lowest BCUT2D eigenvalue weighted by atomic mass is 9.74. The fourth-order valence-corrected chi connectivity index (χ4v) is 7.66. The highest BCUT2D eigenvalue weighted by atomic mass is 79.9. The van der Waals surface area contributed by atoms with Gasteiger partial charge in [-0.3, -0.25) is 19.2 Å². The first-order valence-electron chi connectivity index (χ1n) is 14.5. The van der Waals surface area contributed by atoms with Crippen molar-refractivity contribution in [3.63, 3.8) is 0 Å². The second-order valence-corrected chi connectivity index (χ2v) is 12.5. The van der Waals surface area contributed by atoms with E-state index in [4.69, 9.17) is 21.1 Å². The van der Waals surface area contributed by atoms with Crippen LogP contribution in [0.1, 0.15) is 24.4 Å². The summed E-state index contributed by atoms with van der Waals surface area (Å²) in [6, 6.07) is 14.1. The molecule has 0 aromatic heterocycles. The highest BCUT2D eigenvalue weighted by Gasteiger charge is 2.74. The lowest BCUT2D eigenvalue weighted by Gasteiger charge is -2.35. The Hall–Kier alpha value is -3.51. The Morgan fingerprint density at radius 1 is 1.02 bits per heavy atom. The molecule has 2 aromatic rings. The van der Waals surface area contributed by atoms with E-state index in [9.17, 15) is 24.3 Å². The van der Waals surface area contributed by atoms with Gasteiger partial charge in [0.15, 0.2) is 0 Å². The molecule has 0 saturated carbocycles. The lowest BCUT2D eigenvalue weighted by molar-refractivity contribution is -0.145. The number of para-hydroxylation sites is 1. The highest BCUT2D eigenvalue weighted by molar-refractivity contribution is 9.11. The molecule has 0 aliphatic carbocycles. The quantitative estimate of drug-likeness (QED) is 0.374. The van der Waals surface area contributed by atoms with Crippen molar-refractivity contribution in [2.45, 2.75) is 36.6 Å². The van der Waals surface area contributed by atoms with Gasteiger partial charge in [-0.2, -0.15) is 0 Å². The molecule has 2 saturated heterocycles. The van der Waals surface area contributed by atoms with E-state index in [0.717, 1.165) is 5.56 Å². The van der Waals surface area contributed by atoms with E-state index >= 15 is 0 Å². The van der Waals surface area contributed by atoms with Crippen molar-refractivity contribution in [1.82, 2.24) is 10.2 Å². The third-order valence-electron chi connectivity index (χ3n) is 8.61. The zero-order valence-corrected chi connectivity index (χ0v) is 25.9. The number of carbonyl (C=O) groups excluding carboxylic acids is 4. The van der Waals surface area contributed by atoms with E-state index in [1.165, 1.54) is 9.80 Å². The third-order valence-corrected chi connectivity index (χ3v) is 9.61. The number of nitrogens with zero attached hydrogens (tertiary/aromatic N) is 2. The molecule has 6 rings (SSSR count). The van der Waals surface area contributed by atoms with Crippen LogP contribution in [0.25, 0.3) is 0 Å². The number of cyclic esters (lactones) is 1. The van der Waals surface area contributed by atoms with Crippen LogP contribution >= 0.6 is 27.5 Å². The van der Waals surface area contributed by atoms with Crippen molar-refractivity contribution in [1.29, 1.82) is 0 Å². The second-order valence-electron chi connectivity index (χ2n) is 11.1. The minimum absolute atomic E-state index is 0.0876. The minimum atomic E-state index is -1.47. The van der Waals surface area contributed by atoms with Gasteiger partial charge in [0.25, 0.3) is 5.91 Å². The standard InChI is InChI=1S/C32H31BrClN3O7/c33-20-17-32-26-25(27(20)44-32)29(40)35-22(19-9-3-1-4-10-19)18-43-24(39)13-5-2-8-14-36(23-12-7-6-11-21(23)34)31(42)28(32)37(15-16-38)30(26)41/h1-4,6-12,17,22,25-28,38H,5,13-16,18H2,(H,35,40)/b8-2-/t22-,25-,26+,27-,28-,32+/m0/s1. The fraction of sp³-hybridized carbons (Fsp3) is 0.375. The van der Waals surface area contributed by atoms with Crippen molar-refractivity contribution in [2.24, 2.45) is 11.8 Å². The Balaban J connectivity index is 1.45. The number of ether oxygens (including phenoxy) is 2. The van der Waals surface area contributed by atoms with Gasteiger partial charge in [-0.15, -0.1) is 0 Å². The summed E-state index contributed by atoms with van der Waals surface area (Å²) in [7, 11) is 0. The number of esters is 1. The largest absolute Gasteiger partial charge is 0.463 e. The number of hydrogen-bond donors (Lipinski definition) is 2. The van der Waals surface area contributed by atoms with Gasteiger partial charge in [0, 0.05) is 24.0 Å². The van der Waals surface area contributed by atoms with E-state index < -0.39 is 65.9 Å². The Morgan fingerprint density at radius 2 is 1.77 bits per heavy atom. The number of likely N-dealkylation sites (tertiary alicyclic amines) is 1. The van der Waals surface area contributed by atoms with Gasteiger partial charge in [0.1, 0.15) is 24.4 Å². The van der Waals surface area contributed by atoms with Gasteiger partial charge in [0.05, 0.1) is 35.2 Å². The summed E-state index contributed by atoms with van der Waals surface area (Å²) in [4.78, 5) is 58.3. The number of hydrogen-bond acceptors (Lipinski definition) is 7. The van der Waals surface area contributed by atoms with Crippen LogP contribution in [0, 0.1) is 11.8 Å². The number of anilines is 1. The number of carbonyl (C=O) groups is 4. The van der Waals surface area contributed by atoms with E-state index in [-0.39, 0.29) is 26.1 Å². The number of aliphatic hydroxyl groups excluding tert-OH is 1.